The van der Waals surface area contributed by atoms with E-state index in [1.165, 1.54) is 11.8 Å². The van der Waals surface area contributed by atoms with Gasteiger partial charge in [0, 0.05) is 54.2 Å². The summed E-state index contributed by atoms with van der Waals surface area (Å²) in [5.41, 5.74) is 2.76. The van der Waals surface area contributed by atoms with Crippen molar-refractivity contribution in [1.82, 2.24) is 28.4 Å². The summed E-state index contributed by atoms with van der Waals surface area (Å²) in [7, 11) is -0.216. The maximum absolute atomic E-state index is 4.64. The van der Waals surface area contributed by atoms with Crippen LogP contribution in [0.25, 0.3) is 33.1 Å². The molecule has 2 unspecified atom stereocenters. The third-order valence-corrected chi connectivity index (χ3v) is 8.22. The molecule has 0 aromatic carbocycles. The van der Waals surface area contributed by atoms with E-state index in [-0.39, 0.29) is 26.6 Å². The Hall–Kier alpha value is -3.24. The van der Waals surface area contributed by atoms with E-state index in [4.69, 9.17) is 0 Å². The quantitative estimate of drug-likeness (QED) is 0.224. The molecule has 0 spiro atoms. The Morgan fingerprint density at radius 2 is 1.06 bits per heavy atom. The van der Waals surface area contributed by atoms with E-state index in [0.29, 0.717) is 0 Å². The van der Waals surface area contributed by atoms with Crippen molar-refractivity contribution in [1.29, 1.82) is 0 Å². The monoisotopic (exact) mass is 558 g/mol. The Morgan fingerprint density at radius 1 is 0.639 bits per heavy atom. The van der Waals surface area contributed by atoms with Crippen molar-refractivity contribution in [2.45, 2.75) is 12.8 Å². The molecule has 4 bridgehead atoms. The molecule has 8 heteroatoms. The van der Waals surface area contributed by atoms with Gasteiger partial charge in [0.05, 0.1) is 0 Å². The summed E-state index contributed by atoms with van der Waals surface area (Å²) in [6.45, 7) is 0. The fraction of sp³-hybridized carbons (Fsp3) is 0.214. The minimum atomic E-state index is -0.216. The number of hydrogen-bond acceptors (Lipinski definition) is 3. The van der Waals surface area contributed by atoms with Crippen molar-refractivity contribution in [3.05, 3.63) is 98.2 Å². The van der Waals surface area contributed by atoms with Gasteiger partial charge in [0.1, 0.15) is 16.9 Å². The van der Waals surface area contributed by atoms with Gasteiger partial charge >= 0.3 is 7.12 Å². The molecule has 0 N–H and O–H groups in total. The van der Waals surface area contributed by atoms with Crippen molar-refractivity contribution in [3.63, 3.8) is 0 Å². The van der Waals surface area contributed by atoms with E-state index in [9.17, 15) is 0 Å². The molecule has 36 heavy (non-hydrogen) atoms. The molecular weight excluding hydrogens is 534 g/mol. The normalized spacial score (nSPS) is 23.0. The van der Waals surface area contributed by atoms with Gasteiger partial charge in [-0.3, -0.25) is 0 Å². The van der Waals surface area contributed by atoms with Crippen LogP contribution >= 0.6 is 0 Å². The molecule has 4 aliphatic carbocycles. The first-order chi connectivity index (χ1) is 17.3. The maximum atomic E-state index is 4.64. The molecule has 4 aliphatic rings. The van der Waals surface area contributed by atoms with Crippen LogP contribution in [0.2, 0.25) is 0 Å². The fourth-order valence-corrected chi connectivity index (χ4v) is 6.61. The molecular formula is C28H24BN6Rh-. The van der Waals surface area contributed by atoms with Gasteiger partial charge in [-0.1, -0.05) is 24.7 Å². The van der Waals surface area contributed by atoms with Crippen LogP contribution in [0, 0.1) is 30.1 Å². The smallest absolute Gasteiger partial charge is 0.336 e. The first kappa shape index (κ1) is 22.0. The van der Waals surface area contributed by atoms with Crippen LogP contribution < -0.4 is 0 Å². The molecule has 179 valence electrons. The Balaban J connectivity index is 0.000000233. The van der Waals surface area contributed by atoms with Crippen LogP contribution in [0.1, 0.15) is 12.8 Å². The number of hydrogen-bond donors (Lipinski definition) is 0. The summed E-state index contributed by atoms with van der Waals surface area (Å²) >= 11 is 0. The molecule has 4 saturated carbocycles. The second kappa shape index (κ2) is 8.41. The van der Waals surface area contributed by atoms with Crippen LogP contribution in [-0.4, -0.2) is 35.5 Å². The van der Waals surface area contributed by atoms with Crippen molar-refractivity contribution in [2.75, 3.05) is 0 Å². The SMILES string of the molecule is [CH-]1C2CC3C1C3C2.[Rh].c1cnc2c(c1)ccn2B(n1ccc2cccnc21)n1ccc2cccnc21. The first-order valence-corrected chi connectivity index (χ1v) is 12.4. The number of nitrogens with zero attached hydrogens (tertiary/aromatic N) is 6. The molecule has 0 saturated heterocycles. The first-order valence-electron chi connectivity index (χ1n) is 12.4. The average Bonchev–Trinajstić information content (AvgIpc) is 3.64. The molecule has 6 heterocycles. The molecule has 0 aliphatic heterocycles. The summed E-state index contributed by atoms with van der Waals surface area (Å²) in [4.78, 5) is 13.9. The molecule has 1 radical (unpaired) electrons. The molecule has 6 aromatic rings. The second-order valence-electron chi connectivity index (χ2n) is 10.1. The zero-order valence-corrected chi connectivity index (χ0v) is 21.2. The number of rotatable bonds is 3. The van der Waals surface area contributed by atoms with Gasteiger partial charge in [0.2, 0.25) is 0 Å². The Labute approximate surface area is 222 Å². The van der Waals surface area contributed by atoms with Crippen molar-refractivity contribution < 1.29 is 19.5 Å². The van der Waals surface area contributed by atoms with E-state index in [1.807, 2.05) is 36.8 Å². The van der Waals surface area contributed by atoms with Crippen molar-refractivity contribution >= 4 is 40.2 Å². The number of fused-ring (bicyclic) bond motifs is 3. The summed E-state index contributed by atoms with van der Waals surface area (Å²) < 4.78 is 6.49. The van der Waals surface area contributed by atoms with Crippen LogP contribution in [0.5, 0.6) is 0 Å². The van der Waals surface area contributed by atoms with Crippen molar-refractivity contribution in [2.24, 2.45) is 23.7 Å². The molecule has 2 atom stereocenters. The van der Waals surface area contributed by atoms with Gasteiger partial charge < -0.3 is 19.9 Å². The third-order valence-electron chi connectivity index (χ3n) is 8.22. The zero-order chi connectivity index (χ0) is 22.9. The predicted molar refractivity (Wildman–Crippen MR) is 139 cm³/mol. The van der Waals surface area contributed by atoms with Gasteiger partial charge in [0.15, 0.2) is 0 Å². The largest absolute Gasteiger partial charge is 0.521 e. The maximum Gasteiger partial charge on any atom is 0.521 e. The summed E-state index contributed by atoms with van der Waals surface area (Å²) in [6, 6.07) is 18.4. The topological polar surface area (TPSA) is 53.5 Å². The number of pyridine rings is 3. The molecule has 4 fully saturated rings. The molecule has 10 rings (SSSR count). The minimum Gasteiger partial charge on any atom is -0.336 e. The fourth-order valence-electron chi connectivity index (χ4n) is 6.61. The zero-order valence-electron chi connectivity index (χ0n) is 19.6. The Kier molecular flexibility index (Phi) is 5.14. The Morgan fingerprint density at radius 3 is 1.36 bits per heavy atom. The van der Waals surface area contributed by atoms with E-state index in [1.54, 1.807) is 12.8 Å². The molecule has 0 amide bonds. The van der Waals surface area contributed by atoms with Crippen LogP contribution in [-0.2, 0) is 19.5 Å². The molecule has 6 aromatic heterocycles. The van der Waals surface area contributed by atoms with Gasteiger partial charge in [-0.05, 0) is 73.2 Å². The van der Waals surface area contributed by atoms with E-state index >= 15 is 0 Å². The summed E-state index contributed by atoms with van der Waals surface area (Å²) in [6.07, 6.45) is 17.4. The summed E-state index contributed by atoms with van der Waals surface area (Å²) in [5, 5.41) is 3.30. The minimum absolute atomic E-state index is 0. The van der Waals surface area contributed by atoms with E-state index in [2.05, 4.69) is 89.8 Å². The van der Waals surface area contributed by atoms with E-state index < -0.39 is 0 Å². The van der Waals surface area contributed by atoms with Gasteiger partial charge in [-0.15, -0.1) is 0 Å². The van der Waals surface area contributed by atoms with Crippen LogP contribution in [0.15, 0.2) is 91.8 Å². The van der Waals surface area contributed by atoms with Crippen LogP contribution in [0.3, 0.4) is 0 Å². The van der Waals surface area contributed by atoms with E-state index in [0.717, 1.165) is 44.9 Å². The molecule has 6 nitrogen and oxygen atoms in total. The standard InChI is InChI=1S/C21H15BN6.C7H9.Rh/c1-4-16-7-13-26(19(16)23-10-1)22(27-14-8-17-5-2-11-24-20(17)27)28-15-9-18-6-3-12-25-21(18)28;1-4-2-6-5(1)7(6)3-4;/h1-15H;1,4-7H,2-3H2;/q;-1;. The van der Waals surface area contributed by atoms with Crippen molar-refractivity contribution in [3.8, 4) is 0 Å². The van der Waals surface area contributed by atoms with Gasteiger partial charge in [0.25, 0.3) is 0 Å². The summed E-state index contributed by atoms with van der Waals surface area (Å²) in [5.74, 6) is 4.61. The number of aromatic nitrogens is 6. The predicted octanol–water partition coefficient (Wildman–Crippen LogP) is 5.14. The van der Waals surface area contributed by atoms with Crippen LogP contribution in [0.4, 0.5) is 0 Å². The second-order valence-corrected chi connectivity index (χ2v) is 10.1. The average molecular weight is 558 g/mol. The Bertz CT molecular complexity index is 1500. The van der Waals surface area contributed by atoms with Gasteiger partial charge in [-0.2, -0.15) is 11.8 Å². The van der Waals surface area contributed by atoms with Gasteiger partial charge in [-0.25, -0.2) is 15.0 Å². The third kappa shape index (κ3) is 3.31.